The van der Waals surface area contributed by atoms with Gasteiger partial charge in [0.05, 0.1) is 6.10 Å². The van der Waals surface area contributed by atoms with Crippen LogP contribution in [0.25, 0.3) is 0 Å². The van der Waals surface area contributed by atoms with Gasteiger partial charge in [0.1, 0.15) is 0 Å². The quantitative estimate of drug-likeness (QED) is 0.676. The Bertz CT molecular complexity index is 166. The zero-order valence-electron chi connectivity index (χ0n) is 8.45. The van der Waals surface area contributed by atoms with Crippen molar-refractivity contribution < 1.29 is 5.11 Å². The van der Waals surface area contributed by atoms with Crippen LogP contribution < -0.4 is 0 Å². The van der Waals surface area contributed by atoms with E-state index in [1.807, 2.05) is 0 Å². The molecule has 0 aromatic carbocycles. The molecule has 13 heavy (non-hydrogen) atoms. The van der Waals surface area contributed by atoms with Crippen LogP contribution in [0.5, 0.6) is 0 Å². The molecule has 3 rings (SSSR count). The van der Waals surface area contributed by atoms with Gasteiger partial charge in [-0.1, -0.05) is 6.92 Å². The second-order valence-corrected chi connectivity index (χ2v) is 4.29. The summed E-state index contributed by atoms with van der Waals surface area (Å²) in [6, 6.07) is 0.623. The summed E-state index contributed by atoms with van der Waals surface area (Å²) in [5, 5.41) is 9.59. The molecule has 2 bridgehead atoms. The molecule has 2 atom stereocenters. The number of hydrogen-bond donors (Lipinski definition) is 1. The highest BCUT2D eigenvalue weighted by Gasteiger charge is 2.32. The van der Waals surface area contributed by atoms with Gasteiger partial charge in [-0.25, -0.2) is 0 Å². The summed E-state index contributed by atoms with van der Waals surface area (Å²) < 4.78 is 0. The van der Waals surface area contributed by atoms with E-state index in [-0.39, 0.29) is 6.10 Å². The summed E-state index contributed by atoms with van der Waals surface area (Å²) in [5.41, 5.74) is 0. The van der Waals surface area contributed by atoms with Crippen LogP contribution in [-0.4, -0.2) is 59.8 Å². The minimum absolute atomic E-state index is 0.0921. The first-order valence-corrected chi connectivity index (χ1v) is 5.44. The molecule has 3 heteroatoms. The van der Waals surface area contributed by atoms with Gasteiger partial charge in [0.15, 0.2) is 0 Å². The molecule has 0 aromatic heterocycles. The van der Waals surface area contributed by atoms with Crippen molar-refractivity contribution in [3.05, 3.63) is 0 Å². The van der Waals surface area contributed by atoms with Gasteiger partial charge >= 0.3 is 0 Å². The monoisotopic (exact) mass is 184 g/mol. The molecule has 0 amide bonds. The molecule has 3 heterocycles. The van der Waals surface area contributed by atoms with Gasteiger partial charge in [0.25, 0.3) is 0 Å². The molecule has 2 unspecified atom stereocenters. The summed E-state index contributed by atoms with van der Waals surface area (Å²) in [6.07, 6.45) is 1.77. The van der Waals surface area contributed by atoms with Crippen LogP contribution in [0.2, 0.25) is 0 Å². The van der Waals surface area contributed by atoms with Gasteiger partial charge < -0.3 is 5.11 Å². The lowest BCUT2D eigenvalue weighted by molar-refractivity contribution is -0.00956. The average Bonchev–Trinajstić information content (AvgIpc) is 2.19. The number of nitrogens with zero attached hydrogens (tertiary/aromatic N) is 2. The van der Waals surface area contributed by atoms with E-state index in [0.29, 0.717) is 6.04 Å². The molecule has 0 aromatic rings. The Morgan fingerprint density at radius 1 is 1.31 bits per heavy atom. The fourth-order valence-corrected chi connectivity index (χ4v) is 2.43. The van der Waals surface area contributed by atoms with Gasteiger partial charge in [-0.2, -0.15) is 0 Å². The molecule has 0 radical (unpaired) electrons. The first-order chi connectivity index (χ1) is 6.29. The molecule has 3 fully saturated rings. The Morgan fingerprint density at radius 3 is 2.46 bits per heavy atom. The average molecular weight is 184 g/mol. The summed E-state index contributed by atoms with van der Waals surface area (Å²) in [7, 11) is 0. The van der Waals surface area contributed by atoms with Crippen LogP contribution in [-0.2, 0) is 0 Å². The third-order valence-corrected chi connectivity index (χ3v) is 3.41. The SMILES string of the molecule is CCC(O)CC1CN2CCN1CC2. The van der Waals surface area contributed by atoms with Crippen molar-refractivity contribution in [1.29, 1.82) is 0 Å². The van der Waals surface area contributed by atoms with Crippen LogP contribution in [0.3, 0.4) is 0 Å². The molecular formula is C10H20N2O. The first kappa shape index (κ1) is 9.44. The standard InChI is InChI=1S/C10H20N2O/c1-2-10(13)7-9-8-11-3-5-12(9)6-4-11/h9-10,13H,2-8H2,1H3. The van der Waals surface area contributed by atoms with Gasteiger partial charge in [-0.15, -0.1) is 0 Å². The molecule has 3 saturated heterocycles. The third kappa shape index (κ3) is 2.03. The fraction of sp³-hybridized carbons (Fsp3) is 1.00. The Kier molecular flexibility index (Phi) is 2.86. The molecule has 0 aliphatic carbocycles. The predicted molar refractivity (Wildman–Crippen MR) is 52.7 cm³/mol. The molecule has 0 saturated carbocycles. The van der Waals surface area contributed by atoms with E-state index in [1.54, 1.807) is 0 Å². The largest absolute Gasteiger partial charge is 0.393 e. The van der Waals surface area contributed by atoms with Crippen molar-refractivity contribution in [2.75, 3.05) is 32.7 Å². The Hall–Kier alpha value is -0.120. The summed E-state index contributed by atoms with van der Waals surface area (Å²) in [5.74, 6) is 0. The van der Waals surface area contributed by atoms with E-state index >= 15 is 0 Å². The lowest BCUT2D eigenvalue weighted by atomic mass is 10.0. The second-order valence-electron chi connectivity index (χ2n) is 4.29. The topological polar surface area (TPSA) is 26.7 Å². The zero-order valence-corrected chi connectivity index (χ0v) is 8.45. The Morgan fingerprint density at radius 2 is 2.00 bits per heavy atom. The van der Waals surface area contributed by atoms with Crippen molar-refractivity contribution in [2.24, 2.45) is 0 Å². The van der Waals surface area contributed by atoms with Crippen molar-refractivity contribution >= 4 is 0 Å². The van der Waals surface area contributed by atoms with Crippen molar-refractivity contribution in [1.82, 2.24) is 9.80 Å². The van der Waals surface area contributed by atoms with Crippen LogP contribution in [0.1, 0.15) is 19.8 Å². The van der Waals surface area contributed by atoms with Gasteiger partial charge in [-0.05, 0) is 12.8 Å². The number of aliphatic hydroxyl groups excluding tert-OH is 1. The maximum atomic E-state index is 9.59. The molecule has 76 valence electrons. The lowest BCUT2D eigenvalue weighted by Crippen LogP contribution is -2.61. The number of fused-ring (bicyclic) bond motifs is 3. The predicted octanol–water partition coefficient (Wildman–Crippen LogP) is 0.147. The smallest absolute Gasteiger partial charge is 0.0553 e. The molecular weight excluding hydrogens is 164 g/mol. The summed E-state index contributed by atoms with van der Waals surface area (Å²) in [6.45, 7) is 8.12. The number of aliphatic hydroxyl groups is 1. The van der Waals surface area contributed by atoms with E-state index < -0.39 is 0 Å². The van der Waals surface area contributed by atoms with Crippen molar-refractivity contribution in [3.63, 3.8) is 0 Å². The highest BCUT2D eigenvalue weighted by Crippen LogP contribution is 2.19. The van der Waals surface area contributed by atoms with E-state index in [0.717, 1.165) is 12.8 Å². The fourth-order valence-electron chi connectivity index (χ4n) is 2.43. The summed E-state index contributed by atoms with van der Waals surface area (Å²) >= 11 is 0. The normalized spacial score (nSPS) is 40.6. The number of hydrogen-bond acceptors (Lipinski definition) is 3. The highest BCUT2D eigenvalue weighted by atomic mass is 16.3. The molecule has 3 aliphatic heterocycles. The molecule has 1 N–H and O–H groups in total. The number of piperazine rings is 3. The van der Waals surface area contributed by atoms with E-state index in [1.165, 1.54) is 32.7 Å². The van der Waals surface area contributed by atoms with Crippen LogP contribution in [0, 0.1) is 0 Å². The maximum absolute atomic E-state index is 9.59. The highest BCUT2D eigenvalue weighted by molar-refractivity contribution is 4.88. The van der Waals surface area contributed by atoms with E-state index in [9.17, 15) is 5.11 Å². The third-order valence-electron chi connectivity index (χ3n) is 3.41. The van der Waals surface area contributed by atoms with Crippen LogP contribution >= 0.6 is 0 Å². The molecule has 0 spiro atoms. The summed E-state index contributed by atoms with van der Waals surface area (Å²) in [4.78, 5) is 5.06. The van der Waals surface area contributed by atoms with Crippen molar-refractivity contribution in [2.45, 2.75) is 31.9 Å². The second kappa shape index (κ2) is 3.95. The zero-order chi connectivity index (χ0) is 9.26. The van der Waals surface area contributed by atoms with Crippen LogP contribution in [0.15, 0.2) is 0 Å². The Balaban J connectivity index is 1.86. The van der Waals surface area contributed by atoms with Gasteiger partial charge in [-0.3, -0.25) is 9.80 Å². The van der Waals surface area contributed by atoms with Gasteiger partial charge in [0, 0.05) is 38.8 Å². The molecule has 3 nitrogen and oxygen atoms in total. The minimum Gasteiger partial charge on any atom is -0.393 e. The lowest BCUT2D eigenvalue weighted by Gasteiger charge is -2.48. The Labute approximate surface area is 80.3 Å². The number of rotatable bonds is 3. The van der Waals surface area contributed by atoms with E-state index in [4.69, 9.17) is 0 Å². The first-order valence-electron chi connectivity index (χ1n) is 5.44. The van der Waals surface area contributed by atoms with Crippen molar-refractivity contribution in [3.8, 4) is 0 Å². The molecule has 3 aliphatic rings. The van der Waals surface area contributed by atoms with Crippen LogP contribution in [0.4, 0.5) is 0 Å². The van der Waals surface area contributed by atoms with E-state index in [2.05, 4.69) is 16.7 Å². The van der Waals surface area contributed by atoms with Gasteiger partial charge in [0.2, 0.25) is 0 Å². The minimum atomic E-state index is -0.0921. The maximum Gasteiger partial charge on any atom is 0.0553 e.